The Kier molecular flexibility index (Phi) is 10.7. The molecule has 3 aromatic carbocycles. The average Bonchev–Trinajstić information content (AvgIpc) is 2.96. The van der Waals surface area contributed by atoms with Gasteiger partial charge in [0.2, 0.25) is 5.90 Å². The largest absolute Gasteiger partial charge is 0.491 e. The van der Waals surface area contributed by atoms with Crippen LogP contribution in [0, 0.1) is 34.9 Å². The fourth-order valence-electron chi connectivity index (χ4n) is 4.41. The summed E-state index contributed by atoms with van der Waals surface area (Å²) in [5.74, 6) is -1.07. The molecule has 0 bridgehead atoms. The monoisotopic (exact) mass is 613 g/mol. The standard InChI is InChI=1S/C30H30Cl2FN5O4/c1-18-10-23(40-17-22(39)16-38-8-6-37-7-9-38)3-4-25(18)30(36)42-27(35)13-20-2-5-26(32)29(28(20)33)41-24-12-19(15-34)11-21(31)14-24/h2-5,10-12,14,22,35-37,39H,6-9,13,16-17H2,1H3. The molecule has 1 fully saturated rings. The fourth-order valence-corrected chi connectivity index (χ4v) is 4.82. The van der Waals surface area contributed by atoms with Crippen molar-refractivity contribution in [3.63, 3.8) is 0 Å². The summed E-state index contributed by atoms with van der Waals surface area (Å²) < 4.78 is 32.1. The van der Waals surface area contributed by atoms with Gasteiger partial charge in [-0.1, -0.05) is 29.3 Å². The highest BCUT2D eigenvalue weighted by Gasteiger charge is 2.19. The van der Waals surface area contributed by atoms with E-state index in [4.69, 9.17) is 53.5 Å². The molecule has 1 aliphatic heterocycles. The topological polar surface area (TPSA) is 135 Å². The summed E-state index contributed by atoms with van der Waals surface area (Å²) in [6.07, 6.45) is -0.906. The molecule has 9 nitrogen and oxygen atoms in total. The molecule has 12 heteroatoms. The third kappa shape index (κ3) is 8.41. The molecular formula is C30H30Cl2FN5O4. The van der Waals surface area contributed by atoms with Crippen LogP contribution >= 0.6 is 23.2 Å². The van der Waals surface area contributed by atoms with Gasteiger partial charge in [0.15, 0.2) is 17.5 Å². The van der Waals surface area contributed by atoms with Gasteiger partial charge in [-0.3, -0.25) is 15.7 Å². The second-order valence-corrected chi connectivity index (χ2v) is 10.6. The lowest BCUT2D eigenvalue weighted by Crippen LogP contribution is -2.47. The Hall–Kier alpha value is -3.72. The minimum Gasteiger partial charge on any atom is -0.491 e. The molecule has 0 saturated carbocycles. The molecule has 1 aliphatic rings. The summed E-state index contributed by atoms with van der Waals surface area (Å²) in [4.78, 5) is 2.18. The predicted octanol–water partition coefficient (Wildman–Crippen LogP) is 5.31. The van der Waals surface area contributed by atoms with Crippen LogP contribution in [0.25, 0.3) is 0 Å². The van der Waals surface area contributed by atoms with Gasteiger partial charge in [0.25, 0.3) is 0 Å². The lowest BCUT2D eigenvalue weighted by Gasteiger charge is -2.29. The molecule has 0 aromatic heterocycles. The zero-order valence-electron chi connectivity index (χ0n) is 22.8. The van der Waals surface area contributed by atoms with Crippen LogP contribution in [0.15, 0.2) is 48.5 Å². The quantitative estimate of drug-likeness (QED) is 0.180. The van der Waals surface area contributed by atoms with Crippen molar-refractivity contribution >= 4 is 35.0 Å². The highest BCUT2D eigenvalue weighted by atomic mass is 35.5. The maximum absolute atomic E-state index is 15.3. The minimum atomic E-state index is -0.808. The molecule has 4 N–H and O–H groups in total. The third-order valence-corrected chi connectivity index (χ3v) is 7.00. The van der Waals surface area contributed by atoms with E-state index in [-0.39, 0.29) is 57.5 Å². The van der Waals surface area contributed by atoms with Crippen LogP contribution < -0.4 is 14.8 Å². The molecule has 4 rings (SSSR count). The van der Waals surface area contributed by atoms with Gasteiger partial charge in [-0.05, 0) is 55.0 Å². The van der Waals surface area contributed by atoms with Crippen LogP contribution in [-0.2, 0) is 11.2 Å². The van der Waals surface area contributed by atoms with Gasteiger partial charge in [-0.15, -0.1) is 0 Å². The molecular weight excluding hydrogens is 584 g/mol. The van der Waals surface area contributed by atoms with E-state index in [1.807, 2.05) is 6.07 Å². The van der Waals surface area contributed by atoms with Crippen LogP contribution in [0.5, 0.6) is 17.2 Å². The maximum Gasteiger partial charge on any atom is 0.221 e. The predicted molar refractivity (Wildman–Crippen MR) is 159 cm³/mol. The first-order chi connectivity index (χ1) is 20.1. The molecule has 1 unspecified atom stereocenters. The maximum atomic E-state index is 15.3. The first-order valence-corrected chi connectivity index (χ1v) is 13.9. The summed E-state index contributed by atoms with van der Waals surface area (Å²) in [5, 5.41) is 39.6. The third-order valence-electron chi connectivity index (χ3n) is 6.49. The Balaban J connectivity index is 1.35. The van der Waals surface area contributed by atoms with E-state index in [2.05, 4.69) is 10.2 Å². The van der Waals surface area contributed by atoms with E-state index in [9.17, 15) is 5.11 Å². The Labute approximate surface area is 253 Å². The van der Waals surface area contributed by atoms with Crippen molar-refractivity contribution in [1.29, 1.82) is 16.1 Å². The van der Waals surface area contributed by atoms with Gasteiger partial charge in [-0.25, -0.2) is 4.39 Å². The summed E-state index contributed by atoms with van der Waals surface area (Å²) in [7, 11) is 0. The molecule has 1 atom stereocenters. The highest BCUT2D eigenvalue weighted by Crippen LogP contribution is 2.35. The molecule has 0 spiro atoms. The van der Waals surface area contributed by atoms with E-state index in [0.29, 0.717) is 23.4 Å². The fraction of sp³-hybridized carbons (Fsp3) is 0.300. The van der Waals surface area contributed by atoms with Crippen molar-refractivity contribution < 1.29 is 23.7 Å². The Morgan fingerprint density at radius 1 is 1.12 bits per heavy atom. The molecule has 0 amide bonds. The minimum absolute atomic E-state index is 0.0100. The number of aryl methyl sites for hydroxylation is 1. The zero-order chi connectivity index (χ0) is 30.2. The number of aliphatic hydroxyl groups excluding tert-OH is 1. The second kappa shape index (κ2) is 14.4. The number of benzene rings is 3. The van der Waals surface area contributed by atoms with Crippen molar-refractivity contribution in [3.8, 4) is 23.3 Å². The first kappa shape index (κ1) is 31.2. The number of rotatable bonds is 10. The number of aliphatic hydroxyl groups is 1. The number of nitrogens with zero attached hydrogens (tertiary/aromatic N) is 2. The number of hydrogen-bond donors (Lipinski definition) is 4. The van der Waals surface area contributed by atoms with Crippen LogP contribution in [-0.4, -0.2) is 67.2 Å². The summed E-state index contributed by atoms with van der Waals surface area (Å²) in [6.45, 7) is 6.01. The zero-order valence-corrected chi connectivity index (χ0v) is 24.4. The van der Waals surface area contributed by atoms with E-state index < -0.39 is 11.9 Å². The number of β-amino-alcohol motifs (C(OH)–C–C–N with tert-alkyl or cyclic N) is 1. The number of nitrogens with one attached hydrogen (secondary N) is 3. The molecule has 1 saturated heterocycles. The average molecular weight is 615 g/mol. The number of hydrogen-bond acceptors (Lipinski definition) is 9. The molecule has 0 aliphatic carbocycles. The molecule has 3 aromatic rings. The second-order valence-electron chi connectivity index (χ2n) is 9.76. The molecule has 1 heterocycles. The molecule has 0 radical (unpaired) electrons. The van der Waals surface area contributed by atoms with Gasteiger partial charge < -0.3 is 24.6 Å². The van der Waals surface area contributed by atoms with Crippen molar-refractivity contribution in [2.24, 2.45) is 0 Å². The SMILES string of the molecule is Cc1cc(OCC(O)CN2CCNCC2)ccc1C(=N)OC(=N)Cc1ccc(Cl)c(Oc2cc(Cl)cc(C#N)c2)c1F. The van der Waals surface area contributed by atoms with Crippen molar-refractivity contribution in [2.45, 2.75) is 19.4 Å². The van der Waals surface area contributed by atoms with Gasteiger partial charge in [0.05, 0.1) is 23.1 Å². The van der Waals surface area contributed by atoms with E-state index >= 15 is 4.39 Å². The summed E-state index contributed by atoms with van der Waals surface area (Å²) in [5.41, 5.74) is 1.41. The lowest BCUT2D eigenvalue weighted by molar-refractivity contribution is 0.0641. The van der Waals surface area contributed by atoms with E-state index in [0.717, 1.165) is 26.2 Å². The van der Waals surface area contributed by atoms with E-state index in [1.54, 1.807) is 25.1 Å². The number of halogens is 3. The number of piperazine rings is 1. The Morgan fingerprint density at radius 2 is 1.88 bits per heavy atom. The van der Waals surface area contributed by atoms with Gasteiger partial charge >= 0.3 is 0 Å². The Bertz CT molecular complexity index is 1510. The molecule has 220 valence electrons. The van der Waals surface area contributed by atoms with Crippen molar-refractivity contribution in [2.75, 3.05) is 39.3 Å². The van der Waals surface area contributed by atoms with Crippen molar-refractivity contribution in [3.05, 3.63) is 86.6 Å². The van der Waals surface area contributed by atoms with Gasteiger partial charge in [-0.2, -0.15) is 5.26 Å². The summed E-state index contributed by atoms with van der Waals surface area (Å²) >= 11 is 12.2. The summed E-state index contributed by atoms with van der Waals surface area (Å²) in [6, 6.07) is 14.1. The van der Waals surface area contributed by atoms with E-state index in [1.165, 1.54) is 30.3 Å². The van der Waals surface area contributed by atoms with Crippen LogP contribution in [0.4, 0.5) is 4.39 Å². The first-order valence-electron chi connectivity index (χ1n) is 13.2. The normalized spacial score (nSPS) is 14.1. The van der Waals surface area contributed by atoms with Crippen LogP contribution in [0.1, 0.15) is 22.3 Å². The van der Waals surface area contributed by atoms with Crippen LogP contribution in [0.2, 0.25) is 10.0 Å². The number of nitriles is 1. The highest BCUT2D eigenvalue weighted by molar-refractivity contribution is 6.32. The van der Waals surface area contributed by atoms with Gasteiger partial charge in [0, 0.05) is 48.9 Å². The lowest BCUT2D eigenvalue weighted by atomic mass is 10.1. The Morgan fingerprint density at radius 3 is 2.60 bits per heavy atom. The molecule has 42 heavy (non-hydrogen) atoms. The smallest absolute Gasteiger partial charge is 0.221 e. The number of ether oxygens (including phenoxy) is 3. The van der Waals surface area contributed by atoms with Crippen molar-refractivity contribution in [1.82, 2.24) is 10.2 Å². The van der Waals surface area contributed by atoms with Gasteiger partial charge in [0.1, 0.15) is 24.2 Å². The van der Waals surface area contributed by atoms with Crippen LogP contribution in [0.3, 0.4) is 0 Å².